The SMILES string of the molecule is CCn1cc(Cn2ccn(-c3cc(N4CCC(F)(F)CC4)cc(C4CC4(F)F)c3F)c2=O)cn1. The monoisotopic (exact) mass is 481 g/mol. The maximum Gasteiger partial charge on any atom is 0.333 e. The van der Waals surface area contributed by atoms with Crippen molar-refractivity contribution in [1.82, 2.24) is 18.9 Å². The number of halogens is 5. The number of aryl methyl sites for hydroxylation is 1. The highest BCUT2D eigenvalue weighted by Crippen LogP contribution is 2.57. The second kappa shape index (κ2) is 7.99. The summed E-state index contributed by atoms with van der Waals surface area (Å²) in [5, 5.41) is 4.17. The van der Waals surface area contributed by atoms with E-state index in [0.29, 0.717) is 12.2 Å². The minimum absolute atomic E-state index is 0.00982. The number of hydrogen-bond donors (Lipinski definition) is 0. The molecule has 0 spiro atoms. The van der Waals surface area contributed by atoms with Crippen molar-refractivity contribution >= 4 is 5.69 Å². The first-order valence-electron chi connectivity index (χ1n) is 11.2. The number of anilines is 1. The fraction of sp³-hybridized carbons (Fsp3) is 0.478. The second-order valence-electron chi connectivity index (χ2n) is 9.01. The lowest BCUT2D eigenvalue weighted by Gasteiger charge is -2.34. The van der Waals surface area contributed by atoms with E-state index in [-0.39, 0.29) is 43.7 Å². The van der Waals surface area contributed by atoms with Crippen molar-refractivity contribution in [2.75, 3.05) is 18.0 Å². The van der Waals surface area contributed by atoms with E-state index >= 15 is 4.39 Å². The van der Waals surface area contributed by atoms with Gasteiger partial charge in [0.15, 0.2) is 5.82 Å². The fourth-order valence-electron chi connectivity index (χ4n) is 4.44. The number of alkyl halides is 4. The average molecular weight is 481 g/mol. The Labute approximate surface area is 192 Å². The summed E-state index contributed by atoms with van der Waals surface area (Å²) in [7, 11) is 0. The minimum Gasteiger partial charge on any atom is -0.371 e. The minimum atomic E-state index is -3.03. The van der Waals surface area contributed by atoms with Crippen molar-refractivity contribution in [3.8, 4) is 5.69 Å². The molecule has 1 aliphatic carbocycles. The lowest BCUT2D eigenvalue weighted by molar-refractivity contribution is -0.0220. The highest BCUT2D eigenvalue weighted by Gasteiger charge is 2.58. The van der Waals surface area contributed by atoms with Crippen LogP contribution in [0.3, 0.4) is 0 Å². The first-order chi connectivity index (χ1) is 16.1. The Balaban J connectivity index is 1.52. The summed E-state index contributed by atoms with van der Waals surface area (Å²) in [6.07, 6.45) is 5.06. The number of rotatable bonds is 6. The molecule has 3 heterocycles. The van der Waals surface area contributed by atoms with Gasteiger partial charge in [0.2, 0.25) is 0 Å². The first kappa shape index (κ1) is 22.7. The Morgan fingerprint density at radius 2 is 1.82 bits per heavy atom. The molecular weight excluding hydrogens is 457 g/mol. The molecule has 5 rings (SSSR count). The van der Waals surface area contributed by atoms with Crippen LogP contribution >= 0.6 is 0 Å². The van der Waals surface area contributed by atoms with Gasteiger partial charge >= 0.3 is 5.69 Å². The first-order valence-corrected chi connectivity index (χ1v) is 11.2. The smallest absolute Gasteiger partial charge is 0.333 e. The average Bonchev–Trinajstić information content (AvgIpc) is 3.10. The standard InChI is InChI=1S/C23H24F5N5O/c1-2-32-14-15(12-29-32)13-31-7-8-33(21(31)34)19-10-16(30-5-3-22(25,26)4-6-30)9-17(20(19)24)18-11-23(18,27)28/h7-10,12,14,18H,2-6,11,13H2,1H3. The molecule has 1 saturated carbocycles. The molecule has 1 saturated heterocycles. The van der Waals surface area contributed by atoms with E-state index in [4.69, 9.17) is 0 Å². The molecule has 1 unspecified atom stereocenters. The summed E-state index contributed by atoms with van der Waals surface area (Å²) >= 11 is 0. The quantitative estimate of drug-likeness (QED) is 0.491. The third-order valence-corrected chi connectivity index (χ3v) is 6.60. The molecule has 182 valence electrons. The summed E-state index contributed by atoms with van der Waals surface area (Å²) in [4.78, 5) is 14.7. The molecule has 3 aromatic rings. The van der Waals surface area contributed by atoms with Crippen LogP contribution in [0.1, 0.15) is 43.2 Å². The maximum absolute atomic E-state index is 15.5. The third-order valence-electron chi connectivity index (χ3n) is 6.60. The molecule has 11 heteroatoms. The molecular formula is C23H24F5N5O. The van der Waals surface area contributed by atoms with Gasteiger partial charge in [0.25, 0.3) is 11.8 Å². The molecule has 34 heavy (non-hydrogen) atoms. The van der Waals surface area contributed by atoms with Crippen molar-refractivity contribution in [2.45, 2.75) is 57.0 Å². The zero-order valence-electron chi connectivity index (χ0n) is 18.5. The zero-order chi connectivity index (χ0) is 24.3. The van der Waals surface area contributed by atoms with Crippen LogP contribution in [0.15, 0.2) is 41.7 Å². The lowest BCUT2D eigenvalue weighted by atomic mass is 10.0. The molecule has 2 aliphatic rings. The predicted molar refractivity (Wildman–Crippen MR) is 116 cm³/mol. The van der Waals surface area contributed by atoms with E-state index in [1.165, 1.54) is 29.1 Å². The second-order valence-corrected chi connectivity index (χ2v) is 9.01. The molecule has 0 amide bonds. The van der Waals surface area contributed by atoms with Gasteiger partial charge < -0.3 is 4.90 Å². The third kappa shape index (κ3) is 4.12. The molecule has 6 nitrogen and oxygen atoms in total. The fourth-order valence-corrected chi connectivity index (χ4v) is 4.44. The van der Waals surface area contributed by atoms with E-state index in [1.807, 2.05) is 6.92 Å². The molecule has 0 bridgehead atoms. The zero-order valence-corrected chi connectivity index (χ0v) is 18.5. The van der Waals surface area contributed by atoms with Crippen molar-refractivity contribution in [2.24, 2.45) is 0 Å². The van der Waals surface area contributed by atoms with Gasteiger partial charge in [-0.1, -0.05) is 0 Å². The Hall–Kier alpha value is -3.11. The van der Waals surface area contributed by atoms with Gasteiger partial charge in [0.05, 0.1) is 24.3 Å². The predicted octanol–water partition coefficient (Wildman–Crippen LogP) is 4.40. The molecule has 1 atom stereocenters. The van der Waals surface area contributed by atoms with Gasteiger partial charge in [-0.15, -0.1) is 0 Å². The van der Waals surface area contributed by atoms with Crippen LogP contribution < -0.4 is 10.6 Å². The molecule has 1 aromatic carbocycles. The number of nitrogens with zero attached hydrogens (tertiary/aromatic N) is 5. The summed E-state index contributed by atoms with van der Waals surface area (Å²) in [6, 6.07) is 2.69. The number of benzene rings is 1. The summed E-state index contributed by atoms with van der Waals surface area (Å²) < 4.78 is 74.7. The van der Waals surface area contributed by atoms with Gasteiger partial charge in [-0.05, 0) is 19.1 Å². The number of piperidine rings is 1. The van der Waals surface area contributed by atoms with Gasteiger partial charge in [0.1, 0.15) is 0 Å². The Bertz CT molecular complexity index is 1270. The summed E-state index contributed by atoms with van der Waals surface area (Å²) in [5.74, 6) is -8.00. The summed E-state index contributed by atoms with van der Waals surface area (Å²) in [5.41, 5.74) is 0.232. The van der Waals surface area contributed by atoms with Gasteiger partial charge in [-0.3, -0.25) is 13.8 Å². The van der Waals surface area contributed by atoms with Crippen molar-refractivity contribution in [1.29, 1.82) is 0 Å². The van der Waals surface area contributed by atoms with Crippen molar-refractivity contribution < 1.29 is 22.0 Å². The normalized spacial score (nSPS) is 21.1. The van der Waals surface area contributed by atoms with Crippen LogP contribution in [-0.4, -0.2) is 43.8 Å². The molecule has 0 radical (unpaired) electrons. The molecule has 2 aromatic heterocycles. The maximum atomic E-state index is 15.5. The largest absolute Gasteiger partial charge is 0.371 e. The number of hydrogen-bond acceptors (Lipinski definition) is 3. The van der Waals surface area contributed by atoms with Gasteiger partial charge in [-0.2, -0.15) is 5.10 Å². The van der Waals surface area contributed by atoms with Gasteiger partial charge in [-0.25, -0.2) is 26.7 Å². The Morgan fingerprint density at radius 1 is 1.12 bits per heavy atom. The molecule has 2 fully saturated rings. The molecule has 0 N–H and O–H groups in total. The van der Waals surface area contributed by atoms with Crippen LogP contribution in [0, 0.1) is 5.82 Å². The lowest BCUT2D eigenvalue weighted by Crippen LogP contribution is -2.39. The molecule has 1 aliphatic heterocycles. The summed E-state index contributed by atoms with van der Waals surface area (Å²) in [6.45, 7) is 2.83. The van der Waals surface area contributed by atoms with Crippen molar-refractivity contribution in [3.63, 3.8) is 0 Å². The van der Waals surface area contributed by atoms with E-state index in [0.717, 1.165) is 10.1 Å². The van der Waals surface area contributed by atoms with Crippen LogP contribution in [0.4, 0.5) is 27.6 Å². The van der Waals surface area contributed by atoms with E-state index < -0.39 is 35.7 Å². The van der Waals surface area contributed by atoms with Crippen molar-refractivity contribution in [3.05, 3.63) is 64.3 Å². The van der Waals surface area contributed by atoms with Crippen LogP contribution in [0.25, 0.3) is 5.69 Å². The van der Waals surface area contributed by atoms with Crippen LogP contribution in [0.5, 0.6) is 0 Å². The van der Waals surface area contributed by atoms with E-state index in [2.05, 4.69) is 5.10 Å². The van der Waals surface area contributed by atoms with Crippen LogP contribution in [0.2, 0.25) is 0 Å². The van der Waals surface area contributed by atoms with Gasteiger partial charge in [0, 0.05) is 74.3 Å². The number of imidazole rings is 1. The highest BCUT2D eigenvalue weighted by atomic mass is 19.3. The van der Waals surface area contributed by atoms with E-state index in [9.17, 15) is 22.4 Å². The topological polar surface area (TPSA) is 48.0 Å². The Morgan fingerprint density at radius 3 is 2.44 bits per heavy atom. The Kier molecular flexibility index (Phi) is 5.33. The highest BCUT2D eigenvalue weighted by molar-refractivity contribution is 5.59. The van der Waals surface area contributed by atoms with E-state index in [1.54, 1.807) is 22.0 Å². The number of aromatic nitrogens is 4. The van der Waals surface area contributed by atoms with Crippen LogP contribution in [-0.2, 0) is 13.1 Å².